The first kappa shape index (κ1) is 20.5. The molecule has 5 heteroatoms. The van der Waals surface area contributed by atoms with Crippen molar-refractivity contribution in [3.8, 4) is 0 Å². The Morgan fingerprint density at radius 1 is 1.11 bits per heavy atom. The number of aryl methyl sites for hydroxylation is 4. The van der Waals surface area contributed by atoms with Crippen molar-refractivity contribution >= 4 is 18.9 Å². The van der Waals surface area contributed by atoms with Gasteiger partial charge >= 0.3 is 0 Å². The van der Waals surface area contributed by atoms with E-state index in [0.29, 0.717) is 0 Å². The van der Waals surface area contributed by atoms with Crippen LogP contribution in [0.15, 0.2) is 60.7 Å². The second-order valence-corrected chi connectivity index (χ2v) is 7.42. The normalized spacial score (nSPS) is 15.6. The van der Waals surface area contributed by atoms with E-state index in [1.54, 1.807) is 0 Å². The number of aromatic nitrogens is 4. The maximum Gasteiger partial charge on any atom is 0.283 e. The van der Waals surface area contributed by atoms with E-state index in [0.717, 1.165) is 17.1 Å². The van der Waals surface area contributed by atoms with Crippen LogP contribution in [0.2, 0.25) is 0 Å². The van der Waals surface area contributed by atoms with Crippen LogP contribution in [0.25, 0.3) is 0 Å². The maximum atomic E-state index is 4.87. The van der Waals surface area contributed by atoms with E-state index < -0.39 is 0 Å². The van der Waals surface area contributed by atoms with Crippen molar-refractivity contribution in [2.75, 3.05) is 0 Å². The number of rotatable bonds is 5. The summed E-state index contributed by atoms with van der Waals surface area (Å²) < 4.78 is 4.41. The predicted molar refractivity (Wildman–Crippen MR) is 112 cm³/mol. The number of H-pyrrole nitrogens is 1. The Balaban J connectivity index is 0.00000225. The zero-order valence-corrected chi connectivity index (χ0v) is 17.3. The molecule has 0 amide bonds. The van der Waals surface area contributed by atoms with Gasteiger partial charge in [-0.2, -0.15) is 10.2 Å². The summed E-state index contributed by atoms with van der Waals surface area (Å²) in [4.78, 5) is 0. The van der Waals surface area contributed by atoms with Gasteiger partial charge in [-0.05, 0) is 38.5 Å². The molecule has 1 N–H and O–H groups in total. The van der Waals surface area contributed by atoms with Crippen LogP contribution in [0.1, 0.15) is 40.4 Å². The number of benzene rings is 1. The molecule has 2 unspecified atom stereocenters. The van der Waals surface area contributed by atoms with Gasteiger partial charge < -0.3 is 0 Å². The van der Waals surface area contributed by atoms with Crippen molar-refractivity contribution < 1.29 is 4.68 Å². The molecular weight excluding hydrogens is 339 g/mol. The van der Waals surface area contributed by atoms with Crippen LogP contribution in [0.5, 0.6) is 0 Å². The summed E-state index contributed by atoms with van der Waals surface area (Å²) in [5.74, 6) is 0.359. The van der Waals surface area contributed by atoms with E-state index in [1.165, 1.54) is 11.3 Å². The Kier molecular flexibility index (Phi) is 6.13. The van der Waals surface area contributed by atoms with Gasteiger partial charge in [-0.15, -0.1) is 0 Å². The minimum atomic E-state index is -0.0107. The van der Waals surface area contributed by atoms with Gasteiger partial charge in [0.2, 0.25) is 5.69 Å². The molecule has 2 aromatic heterocycles. The Hall–Kier alpha value is -2.28. The molecule has 2 radical (unpaired) electrons. The predicted octanol–water partition coefficient (Wildman–Crippen LogP) is 3.73. The van der Waals surface area contributed by atoms with Gasteiger partial charge in [-0.3, -0.25) is 0 Å². The summed E-state index contributed by atoms with van der Waals surface area (Å²) in [5.41, 5.74) is 5.81. The first-order chi connectivity index (χ1) is 13.0. The minimum absolute atomic E-state index is 0. The molecule has 3 atom stereocenters. The monoisotopic (exact) mass is 365 g/mol. The number of aromatic amines is 1. The second kappa shape index (κ2) is 8.39. The molecule has 4 rings (SSSR count). The molecule has 0 aliphatic heterocycles. The third kappa shape index (κ3) is 3.80. The molecule has 28 heavy (non-hydrogen) atoms. The number of hydrogen-bond donors (Lipinski definition) is 1. The van der Waals surface area contributed by atoms with Crippen LogP contribution >= 0.6 is 0 Å². The van der Waals surface area contributed by atoms with Gasteiger partial charge in [0.05, 0.1) is 17.3 Å². The summed E-state index contributed by atoms with van der Waals surface area (Å²) >= 11 is 0. The molecule has 0 spiro atoms. The number of hydrogen-bond acceptors (Lipinski definition) is 1. The fraction of sp³-hybridized carbons (Fsp3) is 0.304. The Labute approximate surface area is 179 Å². The van der Waals surface area contributed by atoms with Gasteiger partial charge in [0, 0.05) is 43.5 Å². The van der Waals surface area contributed by atoms with E-state index in [9.17, 15) is 0 Å². The Morgan fingerprint density at radius 3 is 2.39 bits per heavy atom. The van der Waals surface area contributed by atoms with Gasteiger partial charge in [-0.25, -0.2) is 4.68 Å². The molecule has 0 fully saturated rings. The van der Waals surface area contributed by atoms with Gasteiger partial charge in [0.15, 0.2) is 0 Å². The molecule has 2 heterocycles. The third-order valence-electron chi connectivity index (χ3n) is 5.26. The zero-order chi connectivity index (χ0) is 19.0. The molecule has 0 bridgehead atoms. The number of allylic oxidation sites excluding steroid dienone is 4. The standard InChI is InChI=1S/C23H25N4.Li/c1-16-14-18(3)26(24-16)23(27-19(4)15-17(2)25-27)22(21-12-8-9-13-21)20-10-6-5-7-11-20;/h5-12,14-15,21-23H,1-4H3;/p+1/t21?,22-;/m1./s1. The van der Waals surface area contributed by atoms with Crippen molar-refractivity contribution in [1.82, 2.24) is 14.9 Å². The van der Waals surface area contributed by atoms with Crippen LogP contribution in [-0.2, 0) is 0 Å². The number of nitrogens with zero attached hydrogens (tertiary/aromatic N) is 3. The Bertz CT molecular complexity index is 939. The van der Waals surface area contributed by atoms with E-state index in [1.807, 2.05) is 6.08 Å². The quantitative estimate of drug-likeness (QED) is 0.543. The molecular formula is C23H26LiN4+. The fourth-order valence-electron chi connectivity index (χ4n) is 4.17. The van der Waals surface area contributed by atoms with Gasteiger partial charge in [0.1, 0.15) is 0 Å². The van der Waals surface area contributed by atoms with Crippen LogP contribution < -0.4 is 4.68 Å². The van der Waals surface area contributed by atoms with Gasteiger partial charge in [-0.1, -0.05) is 53.2 Å². The number of nitrogens with one attached hydrogen (secondary N) is 1. The molecule has 3 aromatic rings. The van der Waals surface area contributed by atoms with Crippen molar-refractivity contribution in [2.45, 2.75) is 39.8 Å². The van der Waals surface area contributed by atoms with Crippen molar-refractivity contribution in [1.29, 1.82) is 0 Å². The van der Waals surface area contributed by atoms with Crippen LogP contribution in [-0.4, -0.2) is 33.7 Å². The van der Waals surface area contributed by atoms with Crippen LogP contribution in [0, 0.1) is 39.7 Å². The summed E-state index contributed by atoms with van der Waals surface area (Å²) in [6, 6.07) is 15.0. The summed E-state index contributed by atoms with van der Waals surface area (Å²) in [5, 5.41) is 8.42. The summed E-state index contributed by atoms with van der Waals surface area (Å²) in [6.45, 7) is 8.43. The van der Waals surface area contributed by atoms with Crippen molar-refractivity contribution in [3.63, 3.8) is 0 Å². The van der Waals surface area contributed by atoms with E-state index in [4.69, 9.17) is 5.10 Å². The van der Waals surface area contributed by atoms with Gasteiger partial charge in [0.25, 0.3) is 6.17 Å². The largest absolute Gasteiger partial charge is 0.283 e. The summed E-state index contributed by atoms with van der Waals surface area (Å²) in [6.07, 6.45) is 9.87. The second-order valence-electron chi connectivity index (χ2n) is 7.42. The molecule has 1 aliphatic carbocycles. The average Bonchev–Trinajstić information content (AvgIpc) is 3.35. The molecule has 138 valence electrons. The van der Waals surface area contributed by atoms with Crippen LogP contribution in [0.3, 0.4) is 0 Å². The first-order valence-electron chi connectivity index (χ1n) is 9.46. The van der Waals surface area contributed by atoms with Crippen LogP contribution in [0.4, 0.5) is 0 Å². The minimum Gasteiger partial charge on any atom is -0.204 e. The average molecular weight is 365 g/mol. The van der Waals surface area contributed by atoms with Crippen molar-refractivity contribution in [3.05, 3.63) is 95.1 Å². The molecule has 1 aromatic carbocycles. The molecule has 0 saturated carbocycles. The SMILES string of the molecule is Cc1cc(C)n(C([C@H](c2ccccc2)C2[C]=CC=C2)[n+]2[nH]c(C)cc2C)n1.[Li]. The van der Waals surface area contributed by atoms with E-state index in [2.05, 4.69) is 103 Å². The van der Waals surface area contributed by atoms with E-state index >= 15 is 0 Å². The van der Waals surface area contributed by atoms with Crippen molar-refractivity contribution in [2.24, 2.45) is 5.92 Å². The topological polar surface area (TPSA) is 37.5 Å². The third-order valence-corrected chi connectivity index (χ3v) is 5.26. The first-order valence-corrected chi connectivity index (χ1v) is 9.46. The summed E-state index contributed by atoms with van der Waals surface area (Å²) in [7, 11) is 0. The molecule has 4 nitrogen and oxygen atoms in total. The maximum absolute atomic E-state index is 4.87. The fourth-order valence-corrected chi connectivity index (χ4v) is 4.17. The van der Waals surface area contributed by atoms with E-state index in [-0.39, 0.29) is 36.9 Å². The smallest absolute Gasteiger partial charge is 0.204 e. The Morgan fingerprint density at radius 2 is 1.86 bits per heavy atom. The molecule has 0 saturated heterocycles. The zero-order valence-electron chi connectivity index (χ0n) is 17.3. The molecule has 1 aliphatic rings.